The Hall–Kier alpha value is -3.63. The Bertz CT molecular complexity index is 2500. The molecule has 2 saturated heterocycles. The van der Waals surface area contributed by atoms with Gasteiger partial charge in [-0.2, -0.15) is 0 Å². The van der Waals surface area contributed by atoms with Gasteiger partial charge in [0.2, 0.25) is 0 Å². The Morgan fingerprint density at radius 3 is 1.16 bits per heavy atom. The van der Waals surface area contributed by atoms with Crippen molar-refractivity contribution < 1.29 is 37.4 Å². The molecule has 2 aliphatic heterocycles. The number of nitrogens with zero attached hydrogens (tertiary/aromatic N) is 8. The summed E-state index contributed by atoms with van der Waals surface area (Å²) in [6, 6.07) is 0. The number of rotatable bonds is 12. The van der Waals surface area contributed by atoms with Gasteiger partial charge in [0.1, 0.15) is 48.1 Å². The Balaban J connectivity index is 1.55. The third kappa shape index (κ3) is 10.4. The lowest BCUT2D eigenvalue weighted by molar-refractivity contribution is -0.0580. The molecule has 0 bridgehead atoms. The van der Waals surface area contributed by atoms with E-state index in [2.05, 4.69) is 189 Å². The van der Waals surface area contributed by atoms with E-state index in [0.29, 0.717) is 22.3 Å². The molecule has 0 saturated carbocycles. The second-order valence-corrected chi connectivity index (χ2v) is 44.2. The van der Waals surface area contributed by atoms with Gasteiger partial charge in [-0.15, -0.1) is 0 Å². The van der Waals surface area contributed by atoms with Crippen LogP contribution >= 0.6 is 0 Å². The van der Waals surface area contributed by atoms with Crippen LogP contribution in [0.5, 0.6) is 0 Å². The normalized spacial score (nSPS) is 26.4. The fourth-order valence-corrected chi connectivity index (χ4v) is 11.8. The van der Waals surface area contributed by atoms with Crippen molar-refractivity contribution in [2.45, 2.75) is 204 Å². The van der Waals surface area contributed by atoms with Crippen molar-refractivity contribution in [2.75, 3.05) is 24.7 Å². The van der Waals surface area contributed by atoms with Crippen molar-refractivity contribution in [1.29, 1.82) is 0 Å². The van der Waals surface area contributed by atoms with Gasteiger partial charge < -0.3 is 48.9 Å². The average Bonchev–Trinajstić information content (AvgIpc) is 3.97. The summed E-state index contributed by atoms with van der Waals surface area (Å²) in [4.78, 5) is 26.5. The Morgan fingerprint density at radius 1 is 0.543 bits per heavy atom. The van der Waals surface area contributed by atoms with E-state index in [1.807, 2.05) is 0 Å². The minimum atomic E-state index is -2.71. The quantitative estimate of drug-likeness (QED) is 0.0779. The van der Waals surface area contributed by atoms with E-state index in [4.69, 9.17) is 38.6 Å². The van der Waals surface area contributed by atoms with E-state index in [1.165, 1.54) is 12.7 Å². The smallest absolute Gasteiger partial charge is 0.192 e. The molecule has 386 valence electrons. The Morgan fingerprint density at radius 2 is 0.857 bits per heavy atom. The number of ether oxygens (including phenoxy) is 2. The maximum absolute atomic E-state index is 13.4. The lowest BCUT2D eigenvalue weighted by Crippen LogP contribution is -2.56. The summed E-state index contributed by atoms with van der Waals surface area (Å²) in [6.45, 7) is 42.6. The molecular weight excluding hydrogens is 957 g/mol. The standard InChI is InChI=1S/C48H80N10O8Si4/c1-43(2,3)67(13,14)61-25-31-47(59,35(65-69(17,18)45(7,8)9)41(63-31)57-29-55-33-37(49)51-27-53-39(33)57)23-21-22-24-48(60)32(26-62-68(15,16)44(4,5)6)64-42(36(48)66-70(19,20)46(10,11)12)58-30-56-34-38(50)52-28-54-40(34)58/h27-32,35-36,41-42,59-60H,25-26H2,1-20H3,(H2,49,51,53)(H2,50,52,54)/t31-,32-,35+,36+,41-,42-,47-,48-/m1/s1. The first-order valence-corrected chi connectivity index (χ1v) is 35.7. The monoisotopic (exact) mass is 1040 g/mol. The summed E-state index contributed by atoms with van der Waals surface area (Å²) in [5, 5.41) is 25.9. The highest BCUT2D eigenvalue weighted by atomic mass is 28.4. The highest BCUT2D eigenvalue weighted by molar-refractivity contribution is 6.75. The summed E-state index contributed by atoms with van der Waals surface area (Å²) in [6.07, 6.45) is -0.393. The van der Waals surface area contributed by atoms with Gasteiger partial charge in [-0.1, -0.05) is 83.1 Å². The molecule has 0 unspecified atom stereocenters. The zero-order chi connectivity index (χ0) is 52.6. The van der Waals surface area contributed by atoms with E-state index < -0.39 is 81.3 Å². The lowest BCUT2D eigenvalue weighted by Gasteiger charge is -2.42. The molecule has 6 N–H and O–H groups in total. The molecule has 2 fully saturated rings. The summed E-state index contributed by atoms with van der Waals surface area (Å²) in [7, 11) is -10.3. The van der Waals surface area contributed by atoms with Gasteiger partial charge in [0, 0.05) is 0 Å². The number of fused-ring (bicyclic) bond motifs is 2. The van der Waals surface area contributed by atoms with Crippen LogP contribution in [0.25, 0.3) is 22.3 Å². The number of hydrogen-bond donors (Lipinski definition) is 4. The van der Waals surface area contributed by atoms with Crippen LogP contribution in [0.2, 0.25) is 72.5 Å². The van der Waals surface area contributed by atoms with Crippen LogP contribution in [0.3, 0.4) is 0 Å². The average molecular weight is 1040 g/mol. The predicted molar refractivity (Wildman–Crippen MR) is 283 cm³/mol. The molecule has 18 nitrogen and oxygen atoms in total. The van der Waals surface area contributed by atoms with Crippen LogP contribution in [-0.2, 0) is 27.2 Å². The van der Waals surface area contributed by atoms with Gasteiger partial charge in [0.15, 0.2) is 79.9 Å². The fraction of sp³-hybridized carbons (Fsp3) is 0.708. The van der Waals surface area contributed by atoms with Crippen molar-refractivity contribution in [2.24, 2.45) is 0 Å². The first-order chi connectivity index (χ1) is 31.8. The summed E-state index contributed by atoms with van der Waals surface area (Å²) < 4.78 is 45.2. The minimum absolute atomic E-state index is 0.00556. The largest absolute Gasteiger partial charge is 0.414 e. The number of hydrogen-bond acceptors (Lipinski definition) is 16. The zero-order valence-corrected chi connectivity index (χ0v) is 49.3. The molecule has 70 heavy (non-hydrogen) atoms. The van der Waals surface area contributed by atoms with E-state index in [0.717, 1.165) is 0 Å². The van der Waals surface area contributed by atoms with Crippen molar-refractivity contribution >= 4 is 67.2 Å². The predicted octanol–water partition coefficient (Wildman–Crippen LogP) is 7.92. The number of anilines is 2. The van der Waals surface area contributed by atoms with Gasteiger partial charge in [0.05, 0.1) is 25.9 Å². The Kier molecular flexibility index (Phi) is 14.9. The van der Waals surface area contributed by atoms with Crippen molar-refractivity contribution in [3.63, 3.8) is 0 Å². The summed E-state index contributed by atoms with van der Waals surface area (Å²) in [5.74, 6) is 12.7. The van der Waals surface area contributed by atoms with Crippen LogP contribution in [0.15, 0.2) is 25.3 Å². The van der Waals surface area contributed by atoms with E-state index in [-0.39, 0.29) is 45.0 Å². The van der Waals surface area contributed by atoms with Gasteiger partial charge in [0.25, 0.3) is 0 Å². The zero-order valence-electron chi connectivity index (χ0n) is 45.3. The molecule has 0 spiro atoms. The van der Waals surface area contributed by atoms with Crippen LogP contribution < -0.4 is 11.5 Å². The Labute approximate surface area is 419 Å². The number of nitrogens with two attached hydrogens (primary N) is 2. The summed E-state index contributed by atoms with van der Waals surface area (Å²) in [5.41, 5.74) is 10.1. The van der Waals surface area contributed by atoms with Crippen molar-refractivity contribution in [3.05, 3.63) is 25.3 Å². The third-order valence-electron chi connectivity index (χ3n) is 16.1. The minimum Gasteiger partial charge on any atom is -0.414 e. The third-order valence-corrected chi connectivity index (χ3v) is 34.1. The molecule has 2 aliphatic rings. The van der Waals surface area contributed by atoms with Gasteiger partial charge in [-0.05, 0) is 96.2 Å². The maximum Gasteiger partial charge on any atom is 0.192 e. The molecule has 6 heterocycles. The molecule has 4 aromatic heterocycles. The first kappa shape index (κ1) is 55.7. The van der Waals surface area contributed by atoms with Gasteiger partial charge in [-0.3, -0.25) is 9.13 Å². The SMILES string of the molecule is CC(C)(C)[Si](C)(C)OC[C@H]1O[C@@H](n2cnc3c(N)ncnc32)[C@H](O[Si](C)(C)C(C)(C)C)[C@@]1(O)C#CC#C[C@@]1(O)[C@@H](CO[Si](C)(C)C(C)(C)C)O[C@@H](n2cnc3c(N)ncnc32)[C@@H]1O[Si](C)(C)C(C)(C)C. The molecule has 0 aromatic carbocycles. The number of nitrogen functional groups attached to an aromatic ring is 2. The van der Waals surface area contributed by atoms with Crippen molar-refractivity contribution in [1.82, 2.24) is 39.0 Å². The number of aliphatic hydroxyl groups is 2. The molecule has 0 amide bonds. The van der Waals surface area contributed by atoms with Crippen LogP contribution in [0.4, 0.5) is 11.6 Å². The van der Waals surface area contributed by atoms with Crippen molar-refractivity contribution in [3.8, 4) is 23.7 Å². The highest BCUT2D eigenvalue weighted by Gasteiger charge is 2.62. The molecule has 6 rings (SSSR count). The second kappa shape index (κ2) is 18.7. The first-order valence-electron chi connectivity index (χ1n) is 24.1. The second-order valence-electron chi connectivity index (χ2n) is 25.1. The topological polar surface area (TPSA) is 235 Å². The summed E-state index contributed by atoms with van der Waals surface area (Å²) >= 11 is 0. The van der Waals surface area contributed by atoms with Crippen LogP contribution in [0, 0.1) is 23.7 Å². The van der Waals surface area contributed by atoms with Crippen LogP contribution in [-0.4, -0.2) is 131 Å². The van der Waals surface area contributed by atoms with Crippen LogP contribution in [0.1, 0.15) is 95.5 Å². The molecule has 8 atom stereocenters. The van der Waals surface area contributed by atoms with E-state index >= 15 is 0 Å². The van der Waals surface area contributed by atoms with E-state index in [1.54, 1.807) is 21.8 Å². The van der Waals surface area contributed by atoms with E-state index in [9.17, 15) is 10.2 Å². The fourth-order valence-electron chi connectivity index (χ4n) is 7.21. The number of aromatic nitrogens is 8. The maximum atomic E-state index is 13.4. The van der Waals surface area contributed by atoms with Gasteiger partial charge >= 0.3 is 0 Å². The molecule has 22 heteroatoms. The number of imidazole rings is 2. The molecule has 4 aromatic rings. The molecule has 0 radical (unpaired) electrons. The molecule has 0 aliphatic carbocycles. The lowest BCUT2D eigenvalue weighted by atomic mass is 9.92. The van der Waals surface area contributed by atoms with Gasteiger partial charge in [-0.25, -0.2) is 29.9 Å². The molecular formula is C48H80N10O8Si4. The highest BCUT2D eigenvalue weighted by Crippen LogP contribution is 2.49.